The normalized spacial score (nSPS) is 27.6. The molecule has 1 spiro atoms. The lowest BCUT2D eigenvalue weighted by Gasteiger charge is -2.40. The smallest absolute Gasteiger partial charge is 0.344 e. The number of esters is 1. The van der Waals surface area contributed by atoms with Crippen molar-refractivity contribution in [2.45, 2.75) is 51.1 Å². The highest BCUT2D eigenvalue weighted by Gasteiger charge is 2.53. The molecule has 1 unspecified atom stereocenters. The zero-order valence-corrected chi connectivity index (χ0v) is 20.0. The highest BCUT2D eigenvalue weighted by atomic mass is 16.5. The molecule has 4 rings (SSSR count). The quantitative estimate of drug-likeness (QED) is 0.495. The van der Waals surface area contributed by atoms with Crippen LogP contribution in [0.1, 0.15) is 49.9 Å². The monoisotopic (exact) mass is 471 g/mol. The number of piperazine rings is 1. The first kappa shape index (κ1) is 24.0. The Morgan fingerprint density at radius 1 is 1.12 bits per heavy atom. The average Bonchev–Trinajstić information content (AvgIpc) is 3.06. The number of hydrazine groups is 1. The summed E-state index contributed by atoms with van der Waals surface area (Å²) < 4.78 is 4.74. The molecule has 0 radical (unpaired) electrons. The third-order valence-corrected chi connectivity index (χ3v) is 7.29. The molecule has 1 atom stereocenters. The van der Waals surface area contributed by atoms with E-state index in [9.17, 15) is 19.2 Å². The van der Waals surface area contributed by atoms with Crippen LogP contribution in [0.4, 0.5) is 10.5 Å². The zero-order chi connectivity index (χ0) is 24.5. The van der Waals surface area contributed by atoms with Crippen LogP contribution in [0.15, 0.2) is 24.3 Å². The SMILES string of the molecule is COC(=O)c1ccc(N2CCN(CC(=O)NN3C(=O)NC4(CCC(C)CC4)C3=O)C(C)C2)cc1. The van der Waals surface area contributed by atoms with Gasteiger partial charge in [0.2, 0.25) is 0 Å². The Kier molecular flexibility index (Phi) is 6.79. The molecule has 1 aromatic carbocycles. The van der Waals surface area contributed by atoms with Crippen LogP contribution in [0, 0.1) is 5.92 Å². The summed E-state index contributed by atoms with van der Waals surface area (Å²) in [6.07, 6.45) is 2.96. The molecular formula is C24H33N5O5. The van der Waals surface area contributed by atoms with E-state index in [1.807, 2.05) is 24.0 Å². The summed E-state index contributed by atoms with van der Waals surface area (Å²) in [6, 6.07) is 6.78. The first-order valence-electron chi connectivity index (χ1n) is 11.9. The minimum atomic E-state index is -0.876. The van der Waals surface area contributed by atoms with E-state index in [1.54, 1.807) is 12.1 Å². The van der Waals surface area contributed by atoms with Gasteiger partial charge in [0.05, 0.1) is 19.2 Å². The van der Waals surface area contributed by atoms with E-state index in [-0.39, 0.29) is 30.4 Å². The first-order valence-corrected chi connectivity index (χ1v) is 11.9. The molecule has 3 fully saturated rings. The number of hydrogen-bond donors (Lipinski definition) is 2. The van der Waals surface area contributed by atoms with E-state index < -0.39 is 11.6 Å². The number of imide groups is 1. The summed E-state index contributed by atoms with van der Waals surface area (Å²) in [5.74, 6) is -0.576. The van der Waals surface area contributed by atoms with Crippen LogP contribution in [0.5, 0.6) is 0 Å². The fraction of sp³-hybridized carbons (Fsp3) is 0.583. The number of benzene rings is 1. The molecule has 34 heavy (non-hydrogen) atoms. The van der Waals surface area contributed by atoms with E-state index in [0.29, 0.717) is 44.0 Å². The van der Waals surface area contributed by atoms with Crippen molar-refractivity contribution in [1.82, 2.24) is 20.7 Å². The number of carbonyl (C=O) groups excluding carboxylic acids is 4. The Hall–Kier alpha value is -3.14. The lowest BCUT2D eigenvalue weighted by molar-refractivity contribution is -0.140. The van der Waals surface area contributed by atoms with Gasteiger partial charge in [0, 0.05) is 31.4 Å². The van der Waals surface area contributed by atoms with Crippen molar-refractivity contribution in [1.29, 1.82) is 0 Å². The van der Waals surface area contributed by atoms with E-state index in [2.05, 4.69) is 22.6 Å². The maximum Gasteiger partial charge on any atom is 0.344 e. The van der Waals surface area contributed by atoms with Crippen LogP contribution >= 0.6 is 0 Å². The van der Waals surface area contributed by atoms with E-state index in [1.165, 1.54) is 7.11 Å². The lowest BCUT2D eigenvalue weighted by atomic mass is 9.77. The van der Waals surface area contributed by atoms with Crippen LogP contribution < -0.4 is 15.6 Å². The Morgan fingerprint density at radius 2 is 1.79 bits per heavy atom. The van der Waals surface area contributed by atoms with Crippen LogP contribution in [-0.4, -0.2) is 78.6 Å². The van der Waals surface area contributed by atoms with Crippen molar-refractivity contribution in [3.8, 4) is 0 Å². The summed E-state index contributed by atoms with van der Waals surface area (Å²) >= 11 is 0. The van der Waals surface area contributed by atoms with Crippen molar-refractivity contribution in [3.63, 3.8) is 0 Å². The third kappa shape index (κ3) is 4.72. The summed E-state index contributed by atoms with van der Waals surface area (Å²) in [5, 5.41) is 3.68. The van der Waals surface area contributed by atoms with Gasteiger partial charge < -0.3 is 15.0 Å². The Labute approximate surface area is 199 Å². The number of anilines is 1. The fourth-order valence-corrected chi connectivity index (χ4v) is 5.05. The van der Waals surface area contributed by atoms with Gasteiger partial charge in [-0.05, 0) is 62.8 Å². The molecule has 10 heteroatoms. The van der Waals surface area contributed by atoms with Gasteiger partial charge in [0.1, 0.15) is 5.54 Å². The van der Waals surface area contributed by atoms with Crippen LogP contribution in [0.25, 0.3) is 0 Å². The van der Waals surface area contributed by atoms with Gasteiger partial charge in [-0.2, -0.15) is 5.01 Å². The van der Waals surface area contributed by atoms with Gasteiger partial charge >= 0.3 is 12.0 Å². The number of methoxy groups -OCH3 is 1. The minimum absolute atomic E-state index is 0.0778. The van der Waals surface area contributed by atoms with Crippen molar-refractivity contribution < 1.29 is 23.9 Å². The number of nitrogens with one attached hydrogen (secondary N) is 2. The molecular weight excluding hydrogens is 438 g/mol. The van der Waals surface area contributed by atoms with Gasteiger partial charge in [-0.1, -0.05) is 6.92 Å². The Balaban J connectivity index is 1.30. The number of rotatable bonds is 5. The summed E-state index contributed by atoms with van der Waals surface area (Å²) in [4.78, 5) is 54.0. The van der Waals surface area contributed by atoms with Crippen molar-refractivity contribution >= 4 is 29.5 Å². The number of nitrogens with zero attached hydrogens (tertiary/aromatic N) is 3. The third-order valence-electron chi connectivity index (χ3n) is 7.29. The van der Waals surface area contributed by atoms with E-state index in [0.717, 1.165) is 23.5 Å². The highest BCUT2D eigenvalue weighted by molar-refractivity contribution is 6.08. The number of ether oxygens (including phenoxy) is 1. The highest BCUT2D eigenvalue weighted by Crippen LogP contribution is 2.35. The molecule has 1 aliphatic carbocycles. The van der Waals surface area contributed by atoms with Crippen LogP contribution in [0.3, 0.4) is 0 Å². The molecule has 10 nitrogen and oxygen atoms in total. The summed E-state index contributed by atoms with van der Waals surface area (Å²) in [6.45, 7) is 6.34. The maximum absolute atomic E-state index is 13.0. The first-order chi connectivity index (χ1) is 16.2. The Morgan fingerprint density at radius 3 is 2.41 bits per heavy atom. The molecule has 1 saturated carbocycles. The zero-order valence-electron chi connectivity index (χ0n) is 20.0. The number of urea groups is 1. The average molecular weight is 472 g/mol. The van der Waals surface area contributed by atoms with E-state index in [4.69, 9.17) is 4.74 Å². The molecule has 3 aliphatic rings. The van der Waals surface area contributed by atoms with Gasteiger partial charge in [-0.15, -0.1) is 0 Å². The second kappa shape index (κ2) is 9.61. The molecule has 2 heterocycles. The second-order valence-corrected chi connectivity index (χ2v) is 9.67. The molecule has 2 aliphatic heterocycles. The standard InChI is InChI=1S/C24H33N5O5/c1-16-8-10-24(11-9-16)22(32)29(23(33)25-24)26-20(30)15-27-12-13-28(14-17(27)2)19-6-4-18(5-7-19)21(31)34-3/h4-7,16-17H,8-15H2,1-3H3,(H,25,33)(H,26,30). The van der Waals surface area contributed by atoms with Crippen molar-refractivity contribution in [3.05, 3.63) is 29.8 Å². The van der Waals surface area contributed by atoms with Gasteiger partial charge in [0.25, 0.3) is 11.8 Å². The van der Waals surface area contributed by atoms with Crippen LogP contribution in [0.2, 0.25) is 0 Å². The van der Waals surface area contributed by atoms with Crippen molar-refractivity contribution in [2.75, 3.05) is 38.2 Å². The number of carbonyl (C=O) groups is 4. The molecule has 2 saturated heterocycles. The van der Waals surface area contributed by atoms with Crippen LogP contribution in [-0.2, 0) is 14.3 Å². The Bertz CT molecular complexity index is 957. The largest absolute Gasteiger partial charge is 0.465 e. The van der Waals surface area contributed by atoms with Crippen molar-refractivity contribution in [2.24, 2.45) is 5.92 Å². The summed E-state index contributed by atoms with van der Waals surface area (Å²) in [7, 11) is 1.35. The molecule has 4 amide bonds. The van der Waals surface area contributed by atoms with E-state index >= 15 is 0 Å². The molecule has 0 bridgehead atoms. The molecule has 184 valence electrons. The minimum Gasteiger partial charge on any atom is -0.465 e. The van der Waals surface area contributed by atoms with Gasteiger partial charge in [-0.3, -0.25) is 19.9 Å². The lowest BCUT2D eigenvalue weighted by Crippen LogP contribution is -2.57. The van der Waals surface area contributed by atoms with Gasteiger partial charge in [0.15, 0.2) is 0 Å². The summed E-state index contributed by atoms with van der Waals surface area (Å²) in [5.41, 5.74) is 3.15. The fourth-order valence-electron chi connectivity index (χ4n) is 5.05. The molecule has 2 N–H and O–H groups in total. The van der Waals surface area contributed by atoms with Gasteiger partial charge in [-0.25, -0.2) is 9.59 Å². The predicted molar refractivity (Wildman–Crippen MR) is 125 cm³/mol. The second-order valence-electron chi connectivity index (χ2n) is 9.67. The topological polar surface area (TPSA) is 111 Å². The maximum atomic E-state index is 13.0. The molecule has 0 aromatic heterocycles. The molecule has 1 aromatic rings. The number of hydrogen-bond acceptors (Lipinski definition) is 7. The number of amides is 4. The predicted octanol–water partition coefficient (Wildman–Crippen LogP) is 1.52.